The number of hydrogen-bond donors (Lipinski definition) is 2. The normalized spacial score (nSPS) is 11.9. The van der Waals surface area contributed by atoms with Gasteiger partial charge in [0, 0.05) is 18.0 Å². The van der Waals surface area contributed by atoms with E-state index < -0.39 is 11.8 Å². The average molecular weight is 275 g/mol. The number of carbonyl (C=O) groups excluding carboxylic acids is 2. The number of amides is 2. The van der Waals surface area contributed by atoms with Crippen LogP contribution in [0.25, 0.3) is 0 Å². The fourth-order valence-corrected chi connectivity index (χ4v) is 1.53. The van der Waals surface area contributed by atoms with E-state index in [1.54, 1.807) is 25.1 Å². The molecule has 0 aromatic heterocycles. The number of primary amides is 1. The number of carbonyl (C=O) groups is 2. The highest BCUT2D eigenvalue weighted by Crippen LogP contribution is 2.25. The highest BCUT2D eigenvalue weighted by Gasteiger charge is 2.15. The van der Waals surface area contributed by atoms with Gasteiger partial charge in [0.05, 0.1) is 10.0 Å². The largest absolute Gasteiger partial charge is 0.370 e. The number of benzene rings is 1. The van der Waals surface area contributed by atoms with E-state index in [0.29, 0.717) is 15.7 Å². The van der Waals surface area contributed by atoms with Crippen molar-refractivity contribution < 1.29 is 9.59 Å². The van der Waals surface area contributed by atoms with E-state index in [9.17, 15) is 9.59 Å². The van der Waals surface area contributed by atoms with Crippen molar-refractivity contribution in [1.29, 1.82) is 0 Å². The molecule has 0 heterocycles. The van der Waals surface area contributed by atoms with Crippen LogP contribution in [0.3, 0.4) is 0 Å². The van der Waals surface area contributed by atoms with Gasteiger partial charge >= 0.3 is 0 Å². The van der Waals surface area contributed by atoms with E-state index in [1.807, 2.05) is 0 Å². The zero-order valence-corrected chi connectivity index (χ0v) is 10.7. The summed E-state index contributed by atoms with van der Waals surface area (Å²) >= 11 is 11.5. The second-order valence-electron chi connectivity index (χ2n) is 3.69. The van der Waals surface area contributed by atoms with Crippen LogP contribution in [0, 0.1) is 5.92 Å². The maximum atomic E-state index is 11.6. The lowest BCUT2D eigenvalue weighted by Crippen LogP contribution is -2.25. The molecule has 0 saturated heterocycles. The number of rotatable bonds is 4. The van der Waals surface area contributed by atoms with Gasteiger partial charge in [-0.25, -0.2) is 0 Å². The van der Waals surface area contributed by atoms with Crippen LogP contribution in [0.5, 0.6) is 0 Å². The van der Waals surface area contributed by atoms with Crippen LogP contribution in [0.4, 0.5) is 5.69 Å². The van der Waals surface area contributed by atoms with E-state index in [2.05, 4.69) is 5.32 Å². The van der Waals surface area contributed by atoms with Crippen LogP contribution in [0.1, 0.15) is 13.3 Å². The zero-order valence-electron chi connectivity index (χ0n) is 9.17. The number of nitrogens with two attached hydrogens (primary N) is 1. The molecule has 3 N–H and O–H groups in total. The molecule has 92 valence electrons. The number of halogens is 2. The Balaban J connectivity index is 2.67. The maximum Gasteiger partial charge on any atom is 0.227 e. The summed E-state index contributed by atoms with van der Waals surface area (Å²) in [5, 5.41) is 3.39. The van der Waals surface area contributed by atoms with Gasteiger partial charge in [-0.15, -0.1) is 0 Å². The summed E-state index contributed by atoms with van der Waals surface area (Å²) < 4.78 is 0. The predicted octanol–water partition coefficient (Wildman–Crippen LogP) is 2.44. The third-order valence-corrected chi connectivity index (χ3v) is 2.88. The molecule has 0 spiro atoms. The van der Waals surface area contributed by atoms with Crippen molar-refractivity contribution in [2.45, 2.75) is 13.3 Å². The Labute approximate surface area is 109 Å². The fraction of sp³-hybridized carbons (Fsp3) is 0.273. The highest BCUT2D eigenvalue weighted by molar-refractivity contribution is 6.42. The van der Waals surface area contributed by atoms with Crippen molar-refractivity contribution in [3.63, 3.8) is 0 Å². The average Bonchev–Trinajstić information content (AvgIpc) is 2.22. The smallest absolute Gasteiger partial charge is 0.227 e. The molecule has 1 atom stereocenters. The van der Waals surface area contributed by atoms with Gasteiger partial charge < -0.3 is 11.1 Å². The van der Waals surface area contributed by atoms with E-state index in [1.165, 1.54) is 0 Å². The van der Waals surface area contributed by atoms with Gasteiger partial charge in [-0.05, 0) is 18.2 Å². The highest BCUT2D eigenvalue weighted by atomic mass is 35.5. The van der Waals surface area contributed by atoms with Crippen LogP contribution in [-0.2, 0) is 9.59 Å². The van der Waals surface area contributed by atoms with Crippen molar-refractivity contribution >= 4 is 40.7 Å². The number of nitrogens with one attached hydrogen (secondary N) is 1. The Bertz CT molecular complexity index is 449. The first-order valence-corrected chi connectivity index (χ1v) is 5.70. The van der Waals surface area contributed by atoms with E-state index >= 15 is 0 Å². The zero-order chi connectivity index (χ0) is 13.0. The monoisotopic (exact) mass is 274 g/mol. The predicted molar refractivity (Wildman–Crippen MR) is 68.1 cm³/mol. The van der Waals surface area contributed by atoms with Crippen LogP contribution in [0.15, 0.2) is 18.2 Å². The molecular formula is C11H12Cl2N2O2. The first-order valence-electron chi connectivity index (χ1n) is 4.94. The molecule has 0 fully saturated rings. The molecule has 0 aliphatic heterocycles. The van der Waals surface area contributed by atoms with Gasteiger partial charge in [0.1, 0.15) is 0 Å². The van der Waals surface area contributed by atoms with Crippen molar-refractivity contribution in [2.24, 2.45) is 11.7 Å². The summed E-state index contributed by atoms with van der Waals surface area (Å²) in [6, 6.07) is 4.75. The standard InChI is InChI=1S/C11H12Cl2N2O2/c1-6(4-10(14)16)11(17)15-7-2-3-8(12)9(13)5-7/h2-3,5-6H,4H2,1H3,(H2,14,16)(H,15,17). The molecule has 0 bridgehead atoms. The lowest BCUT2D eigenvalue weighted by molar-refractivity contribution is -0.125. The molecule has 0 saturated carbocycles. The van der Waals surface area contributed by atoms with E-state index in [0.717, 1.165) is 0 Å². The Morgan fingerprint density at radius 2 is 2.00 bits per heavy atom. The third kappa shape index (κ3) is 4.24. The summed E-state index contributed by atoms with van der Waals surface area (Å²) in [6.45, 7) is 1.62. The molecule has 17 heavy (non-hydrogen) atoms. The summed E-state index contributed by atoms with van der Waals surface area (Å²) in [4.78, 5) is 22.3. The molecule has 1 unspecified atom stereocenters. The molecule has 1 rings (SSSR count). The molecule has 0 radical (unpaired) electrons. The number of hydrogen-bond acceptors (Lipinski definition) is 2. The minimum atomic E-state index is -0.512. The molecule has 0 aliphatic carbocycles. The summed E-state index contributed by atoms with van der Waals surface area (Å²) in [5.74, 6) is -1.29. The van der Waals surface area contributed by atoms with Gasteiger partial charge in [0.2, 0.25) is 11.8 Å². The van der Waals surface area contributed by atoms with Crippen molar-refractivity contribution in [3.05, 3.63) is 28.2 Å². The molecule has 1 aromatic rings. The first-order chi connectivity index (χ1) is 7.90. The van der Waals surface area contributed by atoms with Gasteiger partial charge in [0.25, 0.3) is 0 Å². The molecule has 4 nitrogen and oxygen atoms in total. The van der Waals surface area contributed by atoms with Crippen LogP contribution in [-0.4, -0.2) is 11.8 Å². The van der Waals surface area contributed by atoms with Crippen molar-refractivity contribution in [3.8, 4) is 0 Å². The van der Waals surface area contributed by atoms with Gasteiger partial charge in [-0.2, -0.15) is 0 Å². The van der Waals surface area contributed by atoms with Gasteiger partial charge in [-0.3, -0.25) is 9.59 Å². The van der Waals surface area contributed by atoms with E-state index in [4.69, 9.17) is 28.9 Å². The van der Waals surface area contributed by atoms with Gasteiger partial charge in [0.15, 0.2) is 0 Å². The summed E-state index contributed by atoms with van der Waals surface area (Å²) in [7, 11) is 0. The van der Waals surface area contributed by atoms with Crippen LogP contribution in [0.2, 0.25) is 10.0 Å². The molecule has 1 aromatic carbocycles. The lowest BCUT2D eigenvalue weighted by atomic mass is 10.1. The summed E-state index contributed by atoms with van der Waals surface area (Å²) in [5.41, 5.74) is 5.54. The Morgan fingerprint density at radius 1 is 1.35 bits per heavy atom. The van der Waals surface area contributed by atoms with E-state index in [-0.39, 0.29) is 12.3 Å². The second-order valence-corrected chi connectivity index (χ2v) is 4.50. The Kier molecular flexibility index (Phi) is 4.78. The topological polar surface area (TPSA) is 72.2 Å². The van der Waals surface area contributed by atoms with Crippen molar-refractivity contribution in [2.75, 3.05) is 5.32 Å². The first kappa shape index (κ1) is 13.8. The lowest BCUT2D eigenvalue weighted by Gasteiger charge is -2.10. The van der Waals surface area contributed by atoms with Crippen LogP contribution < -0.4 is 11.1 Å². The Morgan fingerprint density at radius 3 is 2.53 bits per heavy atom. The molecule has 2 amide bonds. The van der Waals surface area contributed by atoms with Crippen LogP contribution >= 0.6 is 23.2 Å². The molecule has 6 heteroatoms. The maximum absolute atomic E-state index is 11.6. The van der Waals surface area contributed by atoms with Gasteiger partial charge in [-0.1, -0.05) is 30.1 Å². The third-order valence-electron chi connectivity index (χ3n) is 2.14. The Hall–Kier alpha value is -1.26. The second kappa shape index (κ2) is 5.89. The quantitative estimate of drug-likeness (QED) is 0.885. The van der Waals surface area contributed by atoms with Crippen molar-refractivity contribution in [1.82, 2.24) is 0 Å². The minimum absolute atomic E-state index is 0.00710. The molecular weight excluding hydrogens is 263 g/mol. The fourth-order valence-electron chi connectivity index (χ4n) is 1.23. The summed E-state index contributed by atoms with van der Waals surface area (Å²) in [6.07, 6.45) is 0.00710. The minimum Gasteiger partial charge on any atom is -0.370 e. The SMILES string of the molecule is CC(CC(N)=O)C(=O)Nc1ccc(Cl)c(Cl)c1. The number of anilines is 1. The molecule has 0 aliphatic rings.